The van der Waals surface area contributed by atoms with Crippen LogP contribution < -0.4 is 9.97 Å². The Morgan fingerprint density at radius 1 is 0.424 bits per heavy atom. The molecule has 59 heavy (non-hydrogen) atoms. The third kappa shape index (κ3) is 11.3. The van der Waals surface area contributed by atoms with Gasteiger partial charge in [0.15, 0.2) is 0 Å². The van der Waals surface area contributed by atoms with Crippen LogP contribution in [0.3, 0.4) is 0 Å². The van der Waals surface area contributed by atoms with Crippen molar-refractivity contribution in [2.75, 3.05) is 0 Å². The Balaban J connectivity index is 0.000000358. The van der Waals surface area contributed by atoms with E-state index in [0.717, 1.165) is 32.7 Å². The van der Waals surface area contributed by atoms with Crippen LogP contribution in [0.25, 0.3) is 89.7 Å². The second-order valence-electron chi connectivity index (χ2n) is 19.2. The third-order valence-electron chi connectivity index (χ3n) is 7.67. The number of hydrogen-bond acceptors (Lipinski definition) is 7. The molecule has 8 bridgehead atoms. The van der Waals surface area contributed by atoms with Crippen molar-refractivity contribution in [1.29, 1.82) is 0 Å². The number of carbonyl (C=O) groups is 1. The SMILES string of the molecule is CC(C)(C)C.CC(C)(C)C.CC(C)(C)C.O=C(O)c1ccc2c(c1)-c1nc-2nc2[n-]c(nc3nc(nc4[n-]c(n1)c1ccccc41)-c1ccccc1-3)c1ccccc21.[Zn+2]. The number of benzene rings is 4. The molecule has 0 fully saturated rings. The molecule has 2 aliphatic heterocycles. The van der Waals surface area contributed by atoms with Crippen LogP contribution in [0, 0.1) is 16.2 Å². The van der Waals surface area contributed by atoms with E-state index in [1.54, 1.807) is 12.1 Å². The molecule has 298 valence electrons. The number of fused-ring (bicyclic) bond motifs is 20. The number of carboxylic acid groups (broad SMARTS) is 1. The molecule has 3 aromatic heterocycles. The van der Waals surface area contributed by atoms with Gasteiger partial charge in [-0.1, -0.05) is 162 Å². The average molecular weight is 838 g/mol. The van der Waals surface area contributed by atoms with E-state index >= 15 is 0 Å². The fourth-order valence-electron chi connectivity index (χ4n) is 5.64. The summed E-state index contributed by atoms with van der Waals surface area (Å²) in [7, 11) is 0. The minimum absolute atomic E-state index is 0. The van der Waals surface area contributed by atoms with Crippen LogP contribution in [-0.2, 0) is 19.5 Å². The molecule has 10 nitrogen and oxygen atoms in total. The van der Waals surface area contributed by atoms with E-state index in [9.17, 15) is 9.90 Å². The fourth-order valence-corrected chi connectivity index (χ4v) is 5.64. The van der Waals surface area contributed by atoms with Crippen molar-refractivity contribution in [3.63, 3.8) is 0 Å². The molecule has 5 heterocycles. The third-order valence-corrected chi connectivity index (χ3v) is 7.67. The van der Waals surface area contributed by atoms with Crippen LogP contribution in [0.15, 0.2) is 91.0 Å². The molecule has 4 aromatic carbocycles. The summed E-state index contributed by atoms with van der Waals surface area (Å²) >= 11 is 0. The average Bonchev–Trinajstić information content (AvgIpc) is 3.85. The van der Waals surface area contributed by atoms with E-state index in [2.05, 4.69) is 83.1 Å². The largest absolute Gasteiger partial charge is 2.00 e. The normalized spacial score (nSPS) is 11.7. The van der Waals surface area contributed by atoms with E-state index in [1.807, 2.05) is 72.8 Å². The van der Waals surface area contributed by atoms with E-state index in [1.165, 1.54) is 6.07 Å². The zero-order valence-corrected chi connectivity index (χ0v) is 39.3. The van der Waals surface area contributed by atoms with Gasteiger partial charge >= 0.3 is 25.4 Å². The van der Waals surface area contributed by atoms with Gasteiger partial charge in [-0.15, -0.1) is 0 Å². The first-order chi connectivity index (χ1) is 27.1. The van der Waals surface area contributed by atoms with Gasteiger partial charge in [-0.25, -0.2) is 14.8 Å². The molecule has 9 rings (SSSR count). The van der Waals surface area contributed by atoms with Crippen molar-refractivity contribution in [2.45, 2.75) is 83.1 Å². The molecule has 0 saturated carbocycles. The number of carboxylic acids is 1. The van der Waals surface area contributed by atoms with Crippen molar-refractivity contribution < 1.29 is 29.4 Å². The molecule has 0 radical (unpaired) electrons. The maximum Gasteiger partial charge on any atom is 2.00 e. The van der Waals surface area contributed by atoms with Crippen LogP contribution >= 0.6 is 0 Å². The Hall–Kier alpha value is -5.67. The van der Waals surface area contributed by atoms with Crippen LogP contribution in [0.1, 0.15) is 93.4 Å². The first-order valence-electron chi connectivity index (χ1n) is 19.5. The first-order valence-corrected chi connectivity index (χ1v) is 19.5. The van der Waals surface area contributed by atoms with Gasteiger partial charge < -0.3 is 35.0 Å². The number of aromatic nitrogens is 8. The van der Waals surface area contributed by atoms with Gasteiger partial charge in [-0.05, 0) is 49.9 Å². The molecule has 2 aliphatic rings. The zero-order valence-electron chi connectivity index (χ0n) is 36.3. The molecule has 11 heteroatoms. The summed E-state index contributed by atoms with van der Waals surface area (Å²) in [5.74, 6) is 0.610. The summed E-state index contributed by atoms with van der Waals surface area (Å²) in [6.07, 6.45) is 0. The molecule has 0 unspecified atom stereocenters. The predicted octanol–water partition coefficient (Wildman–Crippen LogP) is 12.0. The molecular formula is C48H52N8O2Zn. The topological polar surface area (TPSA) is 143 Å². The van der Waals surface area contributed by atoms with E-state index in [0.29, 0.717) is 73.3 Å². The van der Waals surface area contributed by atoms with Gasteiger partial charge in [0.1, 0.15) is 0 Å². The minimum atomic E-state index is -1.05. The summed E-state index contributed by atoms with van der Waals surface area (Å²) in [6, 6.07) is 28.0. The Labute approximate surface area is 359 Å². The van der Waals surface area contributed by atoms with Crippen LogP contribution in [0.5, 0.6) is 0 Å². The summed E-state index contributed by atoms with van der Waals surface area (Å²) < 4.78 is 0. The summed E-state index contributed by atoms with van der Waals surface area (Å²) in [4.78, 5) is 50.7. The molecular weight excluding hydrogens is 786 g/mol. The van der Waals surface area contributed by atoms with Gasteiger partial charge in [-0.3, -0.25) is 0 Å². The maximum absolute atomic E-state index is 11.9. The quantitative estimate of drug-likeness (QED) is 0.159. The fraction of sp³-hybridized carbons (Fsp3) is 0.312. The molecule has 0 aliphatic carbocycles. The molecule has 0 saturated heterocycles. The zero-order chi connectivity index (χ0) is 42.2. The van der Waals surface area contributed by atoms with Crippen LogP contribution in [-0.4, -0.2) is 41.0 Å². The molecule has 1 N–H and O–H groups in total. The summed E-state index contributed by atoms with van der Waals surface area (Å²) in [5.41, 5.74) is 6.28. The Morgan fingerprint density at radius 3 is 1.00 bits per heavy atom. The van der Waals surface area contributed by atoms with Crippen LogP contribution in [0.4, 0.5) is 0 Å². The Kier molecular flexibility index (Phi) is 13.0. The van der Waals surface area contributed by atoms with E-state index in [-0.39, 0.29) is 25.0 Å². The molecule has 7 aromatic rings. The summed E-state index contributed by atoms with van der Waals surface area (Å²) in [5, 5.41) is 12.9. The van der Waals surface area contributed by atoms with Gasteiger partial charge in [0, 0.05) is 44.8 Å². The Morgan fingerprint density at radius 2 is 0.695 bits per heavy atom. The second-order valence-corrected chi connectivity index (χ2v) is 19.2. The predicted molar refractivity (Wildman–Crippen MR) is 236 cm³/mol. The van der Waals surface area contributed by atoms with Gasteiger partial charge in [0.05, 0.1) is 28.9 Å². The minimum Gasteiger partial charge on any atom is -0.478 e. The molecule has 0 spiro atoms. The maximum atomic E-state index is 11.9. The van der Waals surface area contributed by atoms with Crippen molar-refractivity contribution >= 4 is 50.1 Å². The van der Waals surface area contributed by atoms with E-state index < -0.39 is 5.97 Å². The van der Waals surface area contributed by atoms with Crippen molar-refractivity contribution in [3.05, 3.63) is 96.6 Å². The van der Waals surface area contributed by atoms with E-state index in [4.69, 9.17) is 39.9 Å². The molecule has 0 atom stereocenters. The smallest absolute Gasteiger partial charge is 0.478 e. The number of rotatable bonds is 1. The van der Waals surface area contributed by atoms with Gasteiger partial charge in [0.25, 0.3) is 0 Å². The van der Waals surface area contributed by atoms with Crippen molar-refractivity contribution in [3.8, 4) is 45.6 Å². The standard InChI is InChI=1S/C33H17N8O2.3C5H12.Zn/c42-33(43)16-13-14-23-24(15-16)32-40-30-22-12-6-5-11-21(22)28(38-30)36-26-18-8-2-1-7-17(18)25(34-26)35-27-19-9-3-4-10-20(19)29(37-27)39-31(23)41-32;3*1-5(2,3)4;/h1-15H,(H2-,34,35,36,37,38,39,40,41,42,43);3*1-4H3;/q-1;;;;+2/p-1. The monoisotopic (exact) mass is 836 g/mol. The second kappa shape index (κ2) is 17.3. The number of hydrogen-bond donors (Lipinski definition) is 1. The van der Waals surface area contributed by atoms with Crippen molar-refractivity contribution in [1.82, 2.24) is 39.9 Å². The van der Waals surface area contributed by atoms with Gasteiger partial charge in [0.2, 0.25) is 0 Å². The number of aromatic carboxylic acids is 1. The Bertz CT molecular complexity index is 2770. The van der Waals surface area contributed by atoms with Crippen LogP contribution in [0.2, 0.25) is 0 Å². The molecule has 0 amide bonds. The summed E-state index contributed by atoms with van der Waals surface area (Å²) in [6.45, 7) is 26.2. The number of nitrogens with zero attached hydrogens (tertiary/aromatic N) is 8. The van der Waals surface area contributed by atoms with Crippen molar-refractivity contribution in [2.24, 2.45) is 16.2 Å². The first kappa shape index (κ1) is 44.4. The van der Waals surface area contributed by atoms with Gasteiger partial charge in [-0.2, -0.15) is 0 Å².